The third kappa shape index (κ3) is 3.73. The Balaban J connectivity index is 1.57. The fourth-order valence-corrected chi connectivity index (χ4v) is 2.49. The Bertz CT molecular complexity index is 787. The Kier molecular flexibility index (Phi) is 5.28. The van der Waals surface area contributed by atoms with E-state index in [0.29, 0.717) is 11.5 Å². The number of hydroxylamine groups is 2. The summed E-state index contributed by atoms with van der Waals surface area (Å²) in [5.74, 6) is -1.10. The number of hydrogen-bond acceptors (Lipinski definition) is 5. The number of rotatable bonds is 6. The smallest absolute Gasteiger partial charge is 0.409 e. The van der Waals surface area contributed by atoms with Gasteiger partial charge in [0.25, 0.3) is 11.8 Å². The molecule has 7 nitrogen and oxygen atoms in total. The Hall–Kier alpha value is -3.19. The quantitative estimate of drug-likeness (QED) is 0.637. The van der Waals surface area contributed by atoms with Crippen LogP contribution in [-0.2, 0) is 16.2 Å². The van der Waals surface area contributed by atoms with Crippen LogP contribution in [0.25, 0.3) is 0 Å². The third-order valence-electron chi connectivity index (χ3n) is 3.85. The van der Waals surface area contributed by atoms with Crippen molar-refractivity contribution in [3.05, 3.63) is 71.3 Å². The molecule has 3 amide bonds. The minimum absolute atomic E-state index is 0.107. The van der Waals surface area contributed by atoms with Crippen molar-refractivity contribution in [2.75, 3.05) is 0 Å². The van der Waals surface area contributed by atoms with Crippen LogP contribution in [0.15, 0.2) is 54.6 Å². The summed E-state index contributed by atoms with van der Waals surface area (Å²) in [7, 11) is 0. The first-order chi connectivity index (χ1) is 12.6. The standard InChI is InChI=1S/C19H18N2O5/c1-2-16(20-19(24)25-12-13-8-4-3-5-9-13)26-21-17(22)14-10-6-7-11-15(14)18(21)23/h3-11,16H,2,12H2,1H3,(H,20,24). The van der Waals surface area contributed by atoms with Crippen molar-refractivity contribution < 1.29 is 24.0 Å². The molecule has 0 fully saturated rings. The highest BCUT2D eigenvalue weighted by Crippen LogP contribution is 2.23. The fraction of sp³-hybridized carbons (Fsp3) is 0.211. The third-order valence-corrected chi connectivity index (χ3v) is 3.85. The summed E-state index contributed by atoms with van der Waals surface area (Å²) in [5.41, 5.74) is 1.40. The molecule has 1 aliphatic rings. The molecule has 7 heteroatoms. The van der Waals surface area contributed by atoms with Crippen LogP contribution < -0.4 is 5.32 Å². The lowest BCUT2D eigenvalue weighted by Gasteiger charge is -2.22. The van der Waals surface area contributed by atoms with Gasteiger partial charge in [-0.2, -0.15) is 0 Å². The van der Waals surface area contributed by atoms with Crippen LogP contribution in [0.4, 0.5) is 4.79 Å². The van der Waals surface area contributed by atoms with Gasteiger partial charge in [-0.05, 0) is 24.1 Å². The van der Waals surface area contributed by atoms with E-state index < -0.39 is 24.1 Å². The van der Waals surface area contributed by atoms with E-state index in [1.807, 2.05) is 30.3 Å². The van der Waals surface area contributed by atoms with Crippen molar-refractivity contribution in [3.8, 4) is 0 Å². The van der Waals surface area contributed by atoms with E-state index >= 15 is 0 Å². The Morgan fingerprint density at radius 2 is 1.58 bits per heavy atom. The number of carbonyl (C=O) groups excluding carboxylic acids is 3. The summed E-state index contributed by atoms with van der Waals surface area (Å²) >= 11 is 0. The van der Waals surface area contributed by atoms with E-state index in [2.05, 4.69) is 5.32 Å². The molecule has 2 aromatic rings. The lowest BCUT2D eigenvalue weighted by atomic mass is 10.1. The van der Waals surface area contributed by atoms with Gasteiger partial charge in [0.1, 0.15) is 6.61 Å². The van der Waals surface area contributed by atoms with Crippen LogP contribution in [0.5, 0.6) is 0 Å². The second-order valence-corrected chi connectivity index (χ2v) is 5.66. The van der Waals surface area contributed by atoms with Crippen LogP contribution in [0.1, 0.15) is 39.6 Å². The molecular weight excluding hydrogens is 336 g/mol. The molecular formula is C19H18N2O5. The molecule has 1 heterocycles. The average molecular weight is 354 g/mol. The predicted octanol–water partition coefficient (Wildman–Crippen LogP) is 2.88. The molecule has 0 saturated carbocycles. The summed E-state index contributed by atoms with van der Waals surface area (Å²) in [6.07, 6.45) is -1.23. The highest BCUT2D eigenvalue weighted by atomic mass is 16.7. The monoisotopic (exact) mass is 354 g/mol. The number of nitrogens with one attached hydrogen (secondary N) is 1. The first-order valence-corrected chi connectivity index (χ1v) is 8.22. The first-order valence-electron chi connectivity index (χ1n) is 8.22. The number of carbonyl (C=O) groups is 3. The maximum Gasteiger partial charge on any atom is 0.409 e. The molecule has 0 bridgehead atoms. The highest BCUT2D eigenvalue weighted by molar-refractivity contribution is 6.20. The van der Waals surface area contributed by atoms with Crippen molar-refractivity contribution in [2.24, 2.45) is 0 Å². The average Bonchev–Trinajstić information content (AvgIpc) is 2.91. The summed E-state index contributed by atoms with van der Waals surface area (Å²) in [5, 5.41) is 3.18. The van der Waals surface area contributed by atoms with Crippen molar-refractivity contribution in [1.82, 2.24) is 10.4 Å². The molecule has 3 rings (SSSR count). The zero-order valence-corrected chi connectivity index (χ0v) is 14.2. The van der Waals surface area contributed by atoms with Gasteiger partial charge in [-0.15, -0.1) is 5.06 Å². The van der Waals surface area contributed by atoms with Crippen molar-refractivity contribution in [1.29, 1.82) is 0 Å². The van der Waals surface area contributed by atoms with E-state index in [1.165, 1.54) is 0 Å². The number of benzene rings is 2. The molecule has 0 saturated heterocycles. The number of alkyl carbamates (subject to hydrolysis) is 1. The summed E-state index contributed by atoms with van der Waals surface area (Å²) in [6.45, 7) is 1.86. The van der Waals surface area contributed by atoms with Gasteiger partial charge in [0.2, 0.25) is 0 Å². The van der Waals surface area contributed by atoms with Crippen LogP contribution >= 0.6 is 0 Å². The lowest BCUT2D eigenvalue weighted by molar-refractivity contribution is -0.141. The molecule has 1 aliphatic heterocycles. The van der Waals surface area contributed by atoms with Crippen molar-refractivity contribution in [2.45, 2.75) is 26.2 Å². The number of imide groups is 1. The van der Waals surface area contributed by atoms with Crippen LogP contribution in [-0.4, -0.2) is 29.2 Å². The molecule has 1 N–H and O–H groups in total. The molecule has 1 atom stereocenters. The fourth-order valence-electron chi connectivity index (χ4n) is 2.49. The maximum absolute atomic E-state index is 12.3. The molecule has 0 spiro atoms. The van der Waals surface area contributed by atoms with Gasteiger partial charge >= 0.3 is 6.09 Å². The van der Waals surface area contributed by atoms with Gasteiger partial charge in [-0.1, -0.05) is 49.4 Å². The predicted molar refractivity (Wildman–Crippen MR) is 91.9 cm³/mol. The van der Waals surface area contributed by atoms with Gasteiger partial charge in [0.05, 0.1) is 11.1 Å². The van der Waals surface area contributed by atoms with E-state index in [4.69, 9.17) is 9.57 Å². The molecule has 1 unspecified atom stereocenters. The SMILES string of the molecule is CCC(NC(=O)OCc1ccccc1)ON1C(=O)c2ccccc2C1=O. The van der Waals surface area contributed by atoms with Crippen LogP contribution in [0.3, 0.4) is 0 Å². The minimum Gasteiger partial charge on any atom is -0.445 e. The summed E-state index contributed by atoms with van der Waals surface area (Å²) < 4.78 is 5.12. The zero-order valence-electron chi connectivity index (χ0n) is 14.2. The largest absolute Gasteiger partial charge is 0.445 e. The van der Waals surface area contributed by atoms with E-state index in [9.17, 15) is 14.4 Å². The molecule has 0 radical (unpaired) electrons. The van der Waals surface area contributed by atoms with E-state index in [0.717, 1.165) is 5.56 Å². The Morgan fingerprint density at radius 3 is 2.15 bits per heavy atom. The zero-order chi connectivity index (χ0) is 18.5. The van der Waals surface area contributed by atoms with Gasteiger partial charge in [-0.25, -0.2) is 9.63 Å². The van der Waals surface area contributed by atoms with E-state index in [1.54, 1.807) is 31.2 Å². The second-order valence-electron chi connectivity index (χ2n) is 5.66. The summed E-state index contributed by atoms with van der Waals surface area (Å²) in [6, 6.07) is 15.7. The van der Waals surface area contributed by atoms with E-state index in [-0.39, 0.29) is 17.7 Å². The van der Waals surface area contributed by atoms with Gasteiger partial charge in [0, 0.05) is 0 Å². The van der Waals surface area contributed by atoms with Gasteiger partial charge in [0.15, 0.2) is 6.23 Å². The molecule has 0 aliphatic carbocycles. The molecule has 26 heavy (non-hydrogen) atoms. The number of nitrogens with zero attached hydrogens (tertiary/aromatic N) is 1. The first kappa shape index (κ1) is 17.6. The highest BCUT2D eigenvalue weighted by Gasteiger charge is 2.38. The lowest BCUT2D eigenvalue weighted by Crippen LogP contribution is -2.43. The normalized spacial score (nSPS) is 14.1. The molecule has 0 aromatic heterocycles. The maximum atomic E-state index is 12.3. The van der Waals surface area contributed by atoms with Crippen molar-refractivity contribution in [3.63, 3.8) is 0 Å². The Morgan fingerprint density at radius 1 is 1.00 bits per heavy atom. The second kappa shape index (κ2) is 7.79. The minimum atomic E-state index is -0.875. The van der Waals surface area contributed by atoms with Gasteiger partial charge in [-0.3, -0.25) is 14.9 Å². The van der Waals surface area contributed by atoms with Crippen molar-refractivity contribution >= 4 is 17.9 Å². The molecule has 2 aromatic carbocycles. The summed E-state index contributed by atoms with van der Waals surface area (Å²) in [4.78, 5) is 41.9. The number of amides is 3. The van der Waals surface area contributed by atoms with Crippen LogP contribution in [0, 0.1) is 0 Å². The number of ether oxygens (including phenoxy) is 1. The molecule has 134 valence electrons. The topological polar surface area (TPSA) is 84.9 Å². The number of hydrogen-bond donors (Lipinski definition) is 1. The number of fused-ring (bicyclic) bond motifs is 1. The van der Waals surface area contributed by atoms with Crippen LogP contribution in [0.2, 0.25) is 0 Å². The Labute approximate surface area is 150 Å². The van der Waals surface area contributed by atoms with Gasteiger partial charge < -0.3 is 4.74 Å².